The van der Waals surface area contributed by atoms with E-state index in [0.29, 0.717) is 12.6 Å². The molecule has 0 bridgehead atoms. The largest absolute Gasteiger partial charge is 0.487 e. The van der Waals surface area contributed by atoms with Crippen LogP contribution in [0.1, 0.15) is 36.8 Å². The first-order valence-corrected chi connectivity index (χ1v) is 7.97. The van der Waals surface area contributed by atoms with Gasteiger partial charge in [0.15, 0.2) is 0 Å². The van der Waals surface area contributed by atoms with Crippen molar-refractivity contribution in [3.63, 3.8) is 0 Å². The Balaban J connectivity index is 2.06. The number of benzene rings is 1. The molecule has 0 radical (unpaired) electrons. The maximum Gasteiger partial charge on any atom is 0.131 e. The molecule has 0 aliphatic rings. The Morgan fingerprint density at radius 3 is 2.57 bits per heavy atom. The van der Waals surface area contributed by atoms with Crippen LogP contribution in [0, 0.1) is 6.92 Å². The molecule has 1 heterocycles. The summed E-state index contributed by atoms with van der Waals surface area (Å²) in [5.74, 6) is 0.871. The van der Waals surface area contributed by atoms with Gasteiger partial charge in [-0.1, -0.05) is 12.1 Å². The van der Waals surface area contributed by atoms with Crippen LogP contribution < -0.4 is 10.1 Å². The summed E-state index contributed by atoms with van der Waals surface area (Å²) in [4.78, 5) is 0. The Labute approximate surface area is 134 Å². The van der Waals surface area contributed by atoms with Crippen molar-refractivity contribution in [2.24, 2.45) is 0 Å². The van der Waals surface area contributed by atoms with Gasteiger partial charge in [0.1, 0.15) is 12.4 Å². The molecule has 1 atom stereocenters. The van der Waals surface area contributed by atoms with Crippen LogP contribution in [0.3, 0.4) is 0 Å². The number of halogens is 1. The van der Waals surface area contributed by atoms with E-state index in [2.05, 4.69) is 52.3 Å². The molecule has 1 aromatic carbocycles. The molecule has 0 spiro atoms. The highest BCUT2D eigenvalue weighted by molar-refractivity contribution is 9.10. The fraction of sp³-hybridized carbons (Fsp3) is 0.438. The quantitative estimate of drug-likeness (QED) is 0.859. The molecule has 0 amide bonds. The van der Waals surface area contributed by atoms with Gasteiger partial charge in [-0.15, -0.1) is 0 Å². The van der Waals surface area contributed by atoms with Gasteiger partial charge in [0.05, 0.1) is 15.9 Å². The van der Waals surface area contributed by atoms with Gasteiger partial charge >= 0.3 is 0 Å². The summed E-state index contributed by atoms with van der Waals surface area (Å²) in [5, 5.41) is 7.70. The first-order valence-electron chi connectivity index (χ1n) is 7.18. The van der Waals surface area contributed by atoms with Crippen molar-refractivity contribution in [3.8, 4) is 5.75 Å². The summed E-state index contributed by atoms with van der Waals surface area (Å²) in [7, 11) is 1.96. The Morgan fingerprint density at radius 2 is 2.00 bits per heavy atom. The van der Waals surface area contributed by atoms with E-state index in [-0.39, 0.29) is 0 Å². The lowest BCUT2D eigenvalue weighted by atomic mass is 10.1. The summed E-state index contributed by atoms with van der Waals surface area (Å²) < 4.78 is 8.89. The maximum atomic E-state index is 5.89. The van der Waals surface area contributed by atoms with E-state index >= 15 is 0 Å². The SMILES string of the molecule is CCn1nc(C)c(Br)c1COc1ccc(C(C)NC)cc1. The maximum absolute atomic E-state index is 5.89. The summed E-state index contributed by atoms with van der Waals surface area (Å²) in [6.07, 6.45) is 0. The van der Waals surface area contributed by atoms with Crippen molar-refractivity contribution in [2.45, 2.75) is 40.0 Å². The van der Waals surface area contributed by atoms with E-state index in [9.17, 15) is 0 Å². The number of aromatic nitrogens is 2. The third kappa shape index (κ3) is 3.66. The molecule has 0 saturated carbocycles. The molecule has 5 heteroatoms. The third-order valence-electron chi connectivity index (χ3n) is 3.64. The van der Waals surface area contributed by atoms with Crippen LogP contribution >= 0.6 is 15.9 Å². The number of nitrogens with zero attached hydrogens (tertiary/aromatic N) is 2. The fourth-order valence-electron chi connectivity index (χ4n) is 2.18. The number of ether oxygens (including phenoxy) is 1. The topological polar surface area (TPSA) is 39.1 Å². The first-order chi connectivity index (χ1) is 10.1. The summed E-state index contributed by atoms with van der Waals surface area (Å²) in [5.41, 5.74) is 3.32. The molecule has 4 nitrogen and oxygen atoms in total. The number of hydrogen-bond donors (Lipinski definition) is 1. The number of rotatable bonds is 6. The van der Waals surface area contributed by atoms with Crippen LogP contribution in [0.15, 0.2) is 28.7 Å². The van der Waals surface area contributed by atoms with Crippen LogP contribution in [0.2, 0.25) is 0 Å². The average molecular weight is 352 g/mol. The molecule has 0 aliphatic heterocycles. The minimum atomic E-state index is 0.345. The van der Waals surface area contributed by atoms with E-state index < -0.39 is 0 Å². The van der Waals surface area contributed by atoms with Crippen LogP contribution in [0.5, 0.6) is 5.75 Å². The predicted octanol–water partition coefficient (Wildman–Crippen LogP) is 3.83. The van der Waals surface area contributed by atoms with Gasteiger partial charge in [-0.05, 0) is 61.4 Å². The van der Waals surface area contributed by atoms with Crippen LogP contribution in [-0.4, -0.2) is 16.8 Å². The predicted molar refractivity (Wildman–Crippen MR) is 88.6 cm³/mol. The second-order valence-corrected chi connectivity index (χ2v) is 5.82. The van der Waals surface area contributed by atoms with Crippen molar-refractivity contribution >= 4 is 15.9 Å². The van der Waals surface area contributed by atoms with Crippen molar-refractivity contribution in [1.29, 1.82) is 0 Å². The zero-order valence-corrected chi connectivity index (χ0v) is 14.6. The van der Waals surface area contributed by atoms with Crippen molar-refractivity contribution in [3.05, 3.63) is 45.7 Å². The molecule has 0 fully saturated rings. The van der Waals surface area contributed by atoms with Crippen molar-refractivity contribution in [2.75, 3.05) is 7.05 Å². The minimum absolute atomic E-state index is 0.345. The molecule has 0 saturated heterocycles. The van der Waals surface area contributed by atoms with Gasteiger partial charge in [-0.2, -0.15) is 5.10 Å². The molecule has 2 rings (SSSR count). The Hall–Kier alpha value is -1.33. The molecular weight excluding hydrogens is 330 g/mol. The molecule has 1 aromatic heterocycles. The summed E-state index contributed by atoms with van der Waals surface area (Å²) in [6.45, 7) is 7.56. The molecular formula is C16H22BrN3O. The van der Waals surface area contributed by atoms with Crippen LogP contribution in [-0.2, 0) is 13.2 Å². The summed E-state index contributed by atoms with van der Waals surface area (Å²) >= 11 is 3.58. The van der Waals surface area contributed by atoms with Gasteiger partial charge in [-0.3, -0.25) is 4.68 Å². The molecule has 2 aromatic rings. The molecule has 1 unspecified atom stereocenters. The molecule has 21 heavy (non-hydrogen) atoms. The van der Waals surface area contributed by atoms with E-state index in [1.165, 1.54) is 5.56 Å². The fourth-order valence-corrected chi connectivity index (χ4v) is 2.58. The highest BCUT2D eigenvalue weighted by Gasteiger charge is 2.12. The Kier molecular flexibility index (Phi) is 5.42. The van der Waals surface area contributed by atoms with Gasteiger partial charge in [0.2, 0.25) is 0 Å². The lowest BCUT2D eigenvalue weighted by Gasteiger charge is -2.12. The first kappa shape index (κ1) is 16.0. The second kappa shape index (κ2) is 7.09. The second-order valence-electron chi connectivity index (χ2n) is 5.03. The monoisotopic (exact) mass is 351 g/mol. The number of aryl methyl sites for hydroxylation is 2. The number of hydrogen-bond acceptors (Lipinski definition) is 3. The Morgan fingerprint density at radius 1 is 1.33 bits per heavy atom. The highest BCUT2D eigenvalue weighted by atomic mass is 79.9. The van der Waals surface area contributed by atoms with Gasteiger partial charge < -0.3 is 10.1 Å². The standard InChI is InChI=1S/C16H22BrN3O/c1-5-20-15(16(17)12(3)19-20)10-21-14-8-6-13(7-9-14)11(2)18-4/h6-9,11,18H,5,10H2,1-4H3. The number of nitrogens with one attached hydrogen (secondary N) is 1. The highest BCUT2D eigenvalue weighted by Crippen LogP contribution is 2.23. The van der Waals surface area contributed by atoms with Crippen LogP contribution in [0.25, 0.3) is 0 Å². The van der Waals surface area contributed by atoms with Crippen LogP contribution in [0.4, 0.5) is 0 Å². The third-order valence-corrected chi connectivity index (χ3v) is 4.67. The van der Waals surface area contributed by atoms with Crippen molar-refractivity contribution in [1.82, 2.24) is 15.1 Å². The van der Waals surface area contributed by atoms with E-state index in [0.717, 1.165) is 28.2 Å². The Bertz CT molecular complexity index is 592. The van der Waals surface area contributed by atoms with Gasteiger partial charge in [0.25, 0.3) is 0 Å². The van der Waals surface area contributed by atoms with Crippen molar-refractivity contribution < 1.29 is 4.74 Å². The molecule has 0 aliphatic carbocycles. The molecule has 1 N–H and O–H groups in total. The normalized spacial score (nSPS) is 12.4. The zero-order valence-electron chi connectivity index (χ0n) is 13.0. The zero-order chi connectivity index (χ0) is 15.4. The average Bonchev–Trinajstić information content (AvgIpc) is 2.79. The summed E-state index contributed by atoms with van der Waals surface area (Å²) in [6, 6.07) is 8.55. The van der Waals surface area contributed by atoms with E-state index in [1.54, 1.807) is 0 Å². The van der Waals surface area contributed by atoms with Gasteiger partial charge in [-0.25, -0.2) is 0 Å². The lowest BCUT2D eigenvalue weighted by molar-refractivity contribution is 0.291. The lowest BCUT2D eigenvalue weighted by Crippen LogP contribution is -2.12. The smallest absolute Gasteiger partial charge is 0.131 e. The van der Waals surface area contributed by atoms with E-state index in [4.69, 9.17) is 4.74 Å². The van der Waals surface area contributed by atoms with Gasteiger partial charge in [0, 0.05) is 12.6 Å². The molecule has 114 valence electrons. The van der Waals surface area contributed by atoms with E-state index in [1.807, 2.05) is 30.8 Å². The minimum Gasteiger partial charge on any atom is -0.487 e.